The molecule has 2 bridgehead atoms. The molecule has 0 saturated carbocycles. The van der Waals surface area contributed by atoms with Crippen LogP contribution in [-0.4, -0.2) is 36.7 Å². The minimum absolute atomic E-state index is 0.277. The zero-order valence-corrected chi connectivity index (χ0v) is 15.1. The van der Waals surface area contributed by atoms with Gasteiger partial charge in [-0.15, -0.1) is 0 Å². The monoisotopic (exact) mass is 341 g/mol. The Bertz CT molecular complexity index is 534. The van der Waals surface area contributed by atoms with Crippen molar-refractivity contribution in [1.29, 1.82) is 0 Å². The Labute approximate surface area is 143 Å². The Morgan fingerprint density at radius 3 is 2.68 bits per heavy atom. The fourth-order valence-corrected chi connectivity index (χ4v) is 4.54. The molecule has 1 aromatic rings. The fourth-order valence-electron chi connectivity index (χ4n) is 4.23. The molecule has 2 aliphatic heterocycles. The largest absolute Gasteiger partial charge is 0.378 e. The first-order valence-corrected chi connectivity index (χ1v) is 9.01. The van der Waals surface area contributed by atoms with Crippen LogP contribution in [0.2, 0.25) is 10.0 Å². The Kier molecular flexibility index (Phi) is 5.04. The molecular weight excluding hydrogens is 317 g/mol. The number of rotatable bonds is 4. The molecule has 2 aliphatic rings. The minimum atomic E-state index is 0.277. The number of fused-ring (bicyclic) bond motifs is 2. The Balaban J connectivity index is 1.87. The van der Waals surface area contributed by atoms with E-state index in [2.05, 4.69) is 37.9 Å². The number of benzene rings is 1. The van der Waals surface area contributed by atoms with E-state index in [0.29, 0.717) is 34.0 Å². The molecule has 0 N–H and O–H groups in total. The van der Waals surface area contributed by atoms with Gasteiger partial charge in [0.15, 0.2) is 0 Å². The zero-order chi connectivity index (χ0) is 15.9. The maximum Gasteiger partial charge on any atom is 0.0595 e. The molecule has 2 unspecified atom stereocenters. The van der Waals surface area contributed by atoms with Crippen LogP contribution >= 0.6 is 23.2 Å². The third kappa shape index (κ3) is 3.17. The van der Waals surface area contributed by atoms with Crippen LogP contribution < -0.4 is 0 Å². The van der Waals surface area contributed by atoms with Crippen LogP contribution in [0.5, 0.6) is 0 Å². The summed E-state index contributed by atoms with van der Waals surface area (Å²) >= 11 is 12.3. The van der Waals surface area contributed by atoms with Gasteiger partial charge in [0.2, 0.25) is 0 Å². The first-order valence-electron chi connectivity index (χ1n) is 8.26. The van der Waals surface area contributed by atoms with Gasteiger partial charge in [0.05, 0.1) is 22.8 Å². The summed E-state index contributed by atoms with van der Waals surface area (Å²) in [5, 5.41) is 1.30. The number of hydrogen-bond acceptors (Lipinski definition) is 2. The Morgan fingerprint density at radius 1 is 1.23 bits per heavy atom. The zero-order valence-electron chi connectivity index (χ0n) is 13.6. The number of piperidine rings is 1. The van der Waals surface area contributed by atoms with E-state index < -0.39 is 0 Å². The van der Waals surface area contributed by atoms with E-state index >= 15 is 0 Å². The summed E-state index contributed by atoms with van der Waals surface area (Å²) in [6.07, 6.45) is 4.05. The van der Waals surface area contributed by atoms with E-state index in [1.54, 1.807) is 0 Å². The fraction of sp³-hybridized carbons (Fsp3) is 0.667. The molecule has 2 fully saturated rings. The Morgan fingerprint density at radius 2 is 2.00 bits per heavy atom. The van der Waals surface area contributed by atoms with E-state index in [4.69, 9.17) is 27.9 Å². The van der Waals surface area contributed by atoms with Crippen LogP contribution in [0.15, 0.2) is 18.2 Å². The summed E-state index contributed by atoms with van der Waals surface area (Å²) in [7, 11) is 2.27. The third-order valence-electron chi connectivity index (χ3n) is 5.43. The van der Waals surface area contributed by atoms with E-state index in [1.165, 1.54) is 24.8 Å². The molecule has 4 heteroatoms. The summed E-state index contributed by atoms with van der Waals surface area (Å²) in [4.78, 5) is 2.57. The molecule has 22 heavy (non-hydrogen) atoms. The molecule has 3 rings (SSSR count). The van der Waals surface area contributed by atoms with Crippen molar-refractivity contribution >= 4 is 23.2 Å². The molecule has 2 nitrogen and oxygen atoms in total. The quantitative estimate of drug-likeness (QED) is 0.765. The van der Waals surface area contributed by atoms with Crippen molar-refractivity contribution in [3.8, 4) is 0 Å². The predicted molar refractivity (Wildman–Crippen MR) is 93.0 cm³/mol. The lowest BCUT2D eigenvalue weighted by atomic mass is 9.76. The van der Waals surface area contributed by atoms with Crippen molar-refractivity contribution in [3.05, 3.63) is 33.8 Å². The van der Waals surface area contributed by atoms with Gasteiger partial charge in [-0.05, 0) is 63.8 Å². The molecule has 4 atom stereocenters. The van der Waals surface area contributed by atoms with E-state index in [-0.39, 0.29) is 6.10 Å². The van der Waals surface area contributed by atoms with Crippen LogP contribution in [-0.2, 0) is 4.74 Å². The number of halogens is 2. The van der Waals surface area contributed by atoms with Gasteiger partial charge in [0, 0.05) is 18.0 Å². The maximum absolute atomic E-state index is 6.25. The minimum Gasteiger partial charge on any atom is -0.378 e. The van der Waals surface area contributed by atoms with Crippen LogP contribution in [0.4, 0.5) is 0 Å². The first kappa shape index (κ1) is 16.6. The topological polar surface area (TPSA) is 12.5 Å². The maximum atomic E-state index is 6.25. The summed E-state index contributed by atoms with van der Waals surface area (Å²) in [6.45, 7) is 5.04. The van der Waals surface area contributed by atoms with Crippen LogP contribution in [0.25, 0.3) is 0 Å². The van der Waals surface area contributed by atoms with Crippen molar-refractivity contribution in [1.82, 2.24) is 4.90 Å². The van der Waals surface area contributed by atoms with Gasteiger partial charge in [-0.25, -0.2) is 0 Å². The highest BCUT2D eigenvalue weighted by Crippen LogP contribution is 2.47. The highest BCUT2D eigenvalue weighted by Gasteiger charge is 2.46. The normalized spacial score (nSPS) is 31.9. The molecule has 2 saturated heterocycles. The highest BCUT2D eigenvalue weighted by molar-refractivity contribution is 6.42. The van der Waals surface area contributed by atoms with E-state index in [0.717, 1.165) is 6.61 Å². The summed E-state index contributed by atoms with van der Waals surface area (Å²) in [6, 6.07) is 7.45. The second kappa shape index (κ2) is 6.68. The van der Waals surface area contributed by atoms with Crippen molar-refractivity contribution < 1.29 is 4.74 Å². The molecule has 122 valence electrons. The SMILES string of the molecule is CC(C)OCC1C(c2ccc(Cl)c(Cl)c2)C[C@@H]2CC[C@H]1N2C. The van der Waals surface area contributed by atoms with Crippen LogP contribution in [0.3, 0.4) is 0 Å². The van der Waals surface area contributed by atoms with Gasteiger partial charge in [0.1, 0.15) is 0 Å². The second-order valence-electron chi connectivity index (χ2n) is 7.03. The summed E-state index contributed by atoms with van der Waals surface area (Å²) in [5.74, 6) is 1.05. The standard InChI is InChI=1S/C18H25Cl2NO/c1-11(2)22-10-15-14(9-13-5-7-18(15)21(13)3)12-4-6-16(19)17(20)8-12/h4,6,8,11,13-15,18H,5,7,9-10H2,1-3H3/t13-,14?,15?,18+/m0/s1. The molecule has 2 heterocycles. The average Bonchev–Trinajstić information content (AvgIpc) is 2.71. The van der Waals surface area contributed by atoms with Gasteiger partial charge < -0.3 is 9.64 Å². The van der Waals surface area contributed by atoms with Gasteiger partial charge in [-0.2, -0.15) is 0 Å². The number of nitrogens with zero attached hydrogens (tertiary/aromatic N) is 1. The van der Waals surface area contributed by atoms with Gasteiger partial charge in [-0.1, -0.05) is 29.3 Å². The van der Waals surface area contributed by atoms with Crippen molar-refractivity contribution in [2.24, 2.45) is 5.92 Å². The summed E-state index contributed by atoms with van der Waals surface area (Å²) < 4.78 is 6.00. The molecule has 0 spiro atoms. The van der Waals surface area contributed by atoms with Crippen molar-refractivity contribution in [2.45, 2.75) is 57.2 Å². The molecule has 0 amide bonds. The van der Waals surface area contributed by atoms with Crippen molar-refractivity contribution in [2.75, 3.05) is 13.7 Å². The van der Waals surface area contributed by atoms with E-state index in [1.807, 2.05) is 6.07 Å². The lowest BCUT2D eigenvalue weighted by Crippen LogP contribution is -2.47. The highest BCUT2D eigenvalue weighted by atomic mass is 35.5. The van der Waals surface area contributed by atoms with E-state index in [9.17, 15) is 0 Å². The van der Waals surface area contributed by atoms with Crippen LogP contribution in [0, 0.1) is 5.92 Å². The van der Waals surface area contributed by atoms with Gasteiger partial charge >= 0.3 is 0 Å². The second-order valence-corrected chi connectivity index (χ2v) is 7.84. The summed E-state index contributed by atoms with van der Waals surface area (Å²) in [5.41, 5.74) is 1.32. The molecule has 0 aromatic heterocycles. The van der Waals surface area contributed by atoms with Gasteiger partial charge in [0.25, 0.3) is 0 Å². The van der Waals surface area contributed by atoms with Crippen molar-refractivity contribution in [3.63, 3.8) is 0 Å². The molecular formula is C18H25Cl2NO. The first-order chi connectivity index (χ1) is 10.5. The van der Waals surface area contributed by atoms with Gasteiger partial charge in [-0.3, -0.25) is 0 Å². The lowest BCUT2D eigenvalue weighted by Gasteiger charge is -2.43. The van der Waals surface area contributed by atoms with Crippen LogP contribution in [0.1, 0.15) is 44.6 Å². The molecule has 1 aromatic carbocycles. The number of ether oxygens (including phenoxy) is 1. The number of hydrogen-bond donors (Lipinski definition) is 0. The Hall–Kier alpha value is -0.280. The molecule has 0 radical (unpaired) electrons. The third-order valence-corrected chi connectivity index (χ3v) is 6.16. The lowest BCUT2D eigenvalue weighted by molar-refractivity contribution is -0.00336. The molecule has 0 aliphatic carbocycles. The average molecular weight is 342 g/mol. The predicted octanol–water partition coefficient (Wildman–Crippen LogP) is 4.98. The smallest absolute Gasteiger partial charge is 0.0595 e.